The summed E-state index contributed by atoms with van der Waals surface area (Å²) in [6.45, 7) is 4.20. The van der Waals surface area contributed by atoms with Crippen LogP contribution in [0.3, 0.4) is 0 Å². The summed E-state index contributed by atoms with van der Waals surface area (Å²) in [5, 5.41) is 8.81. The summed E-state index contributed by atoms with van der Waals surface area (Å²) in [4.78, 5) is 4.65. The fourth-order valence-electron chi connectivity index (χ4n) is 5.04. The van der Waals surface area contributed by atoms with Crippen LogP contribution in [0.2, 0.25) is 0 Å². The van der Waals surface area contributed by atoms with Gasteiger partial charge in [-0.2, -0.15) is 0 Å². The molecule has 3 fully saturated rings. The normalized spacial score (nSPS) is 29.3. The number of ether oxygens (including phenoxy) is 1. The van der Waals surface area contributed by atoms with Gasteiger partial charge in [0.1, 0.15) is 6.10 Å². The third-order valence-electron chi connectivity index (χ3n) is 6.52. The summed E-state index contributed by atoms with van der Waals surface area (Å²) in [7, 11) is 0. The first-order chi connectivity index (χ1) is 13.3. The minimum Gasteiger partial charge on any atom is -0.460 e. The quantitative estimate of drug-likeness (QED) is 0.655. The molecule has 4 aliphatic heterocycles. The molecule has 0 amide bonds. The van der Waals surface area contributed by atoms with E-state index in [1.54, 1.807) is 0 Å². The molecule has 2 aromatic carbocycles. The van der Waals surface area contributed by atoms with Gasteiger partial charge in [-0.1, -0.05) is 54.6 Å². The fourth-order valence-corrected chi connectivity index (χ4v) is 5.04. The maximum atomic E-state index is 8.81. The van der Waals surface area contributed by atoms with Crippen LogP contribution in [-0.2, 0) is 11.2 Å². The Morgan fingerprint density at radius 2 is 1.67 bits per heavy atom. The van der Waals surface area contributed by atoms with Crippen LogP contribution in [0, 0.1) is 11.3 Å². The monoisotopic (exact) mass is 361 g/mol. The summed E-state index contributed by atoms with van der Waals surface area (Å²) in [5.41, 5.74) is 3.92. The molecular weight excluding hydrogens is 334 g/mol. The molecule has 0 radical (unpaired) electrons. The smallest absolute Gasteiger partial charge is 0.285 e. The Labute approximate surface area is 161 Å². The largest absolute Gasteiger partial charge is 0.460 e. The van der Waals surface area contributed by atoms with Gasteiger partial charge in [-0.15, -0.1) is 0 Å². The number of fused-ring (bicyclic) bond motifs is 4. The van der Waals surface area contributed by atoms with Crippen LogP contribution in [0.25, 0.3) is 0 Å². The molecule has 27 heavy (non-hydrogen) atoms. The number of benzene rings is 2. The highest BCUT2D eigenvalue weighted by Gasteiger charge is 2.38. The maximum Gasteiger partial charge on any atom is 0.285 e. The van der Waals surface area contributed by atoms with Crippen molar-refractivity contribution in [3.63, 3.8) is 0 Å². The van der Waals surface area contributed by atoms with Crippen molar-refractivity contribution in [2.45, 2.75) is 31.4 Å². The van der Waals surface area contributed by atoms with Gasteiger partial charge in [-0.3, -0.25) is 10.3 Å². The number of nitrogens with one attached hydrogen (secondary N) is 1. The molecule has 0 aromatic heterocycles. The van der Waals surface area contributed by atoms with E-state index in [1.165, 1.54) is 42.6 Å². The molecule has 4 nitrogen and oxygen atoms in total. The first-order valence-corrected chi connectivity index (χ1v) is 10.2. The van der Waals surface area contributed by atoms with Crippen molar-refractivity contribution < 1.29 is 4.74 Å². The second-order valence-corrected chi connectivity index (χ2v) is 8.05. The molecule has 0 spiro atoms. The number of hydrogen-bond acceptors (Lipinski definition) is 3. The van der Waals surface area contributed by atoms with E-state index in [0.717, 1.165) is 19.5 Å². The zero-order valence-corrected chi connectivity index (χ0v) is 15.7. The van der Waals surface area contributed by atoms with Crippen molar-refractivity contribution in [3.8, 4) is 0 Å². The third-order valence-corrected chi connectivity index (χ3v) is 6.52. The van der Waals surface area contributed by atoms with Gasteiger partial charge in [0.05, 0.1) is 6.04 Å². The minimum absolute atomic E-state index is 0.0599. The van der Waals surface area contributed by atoms with Crippen LogP contribution in [0.15, 0.2) is 54.6 Å². The summed E-state index contributed by atoms with van der Waals surface area (Å²) in [6.07, 6.45) is 3.56. The summed E-state index contributed by atoms with van der Waals surface area (Å²) < 4.78 is 6.30. The number of rotatable bonds is 2. The van der Waals surface area contributed by atoms with Gasteiger partial charge in [0.15, 0.2) is 0 Å². The molecule has 140 valence electrons. The average molecular weight is 361 g/mol. The average Bonchev–Trinajstić information content (AvgIpc) is 2.74. The van der Waals surface area contributed by atoms with Crippen molar-refractivity contribution in [1.82, 2.24) is 9.80 Å². The third kappa shape index (κ3) is 3.12. The molecule has 1 N–H and O–H groups in total. The van der Waals surface area contributed by atoms with E-state index in [2.05, 4.69) is 64.4 Å². The Kier molecular flexibility index (Phi) is 4.36. The van der Waals surface area contributed by atoms with Gasteiger partial charge in [0, 0.05) is 13.1 Å². The number of nitrogens with zero attached hydrogens (tertiary/aromatic N) is 2. The number of amidine groups is 1. The highest BCUT2D eigenvalue weighted by molar-refractivity contribution is 5.72. The maximum absolute atomic E-state index is 8.81. The van der Waals surface area contributed by atoms with Crippen LogP contribution < -0.4 is 0 Å². The molecule has 2 atom stereocenters. The van der Waals surface area contributed by atoms with Crippen LogP contribution in [0.5, 0.6) is 0 Å². The molecule has 2 bridgehead atoms. The highest BCUT2D eigenvalue weighted by atomic mass is 16.5. The molecule has 6 rings (SSSR count). The minimum atomic E-state index is 0.0599. The van der Waals surface area contributed by atoms with Crippen molar-refractivity contribution in [2.75, 3.05) is 26.2 Å². The molecule has 0 saturated carbocycles. The topological polar surface area (TPSA) is 39.6 Å². The van der Waals surface area contributed by atoms with Crippen LogP contribution >= 0.6 is 0 Å². The Balaban J connectivity index is 1.43. The van der Waals surface area contributed by atoms with Crippen molar-refractivity contribution in [2.24, 2.45) is 5.92 Å². The van der Waals surface area contributed by atoms with Gasteiger partial charge >= 0.3 is 0 Å². The van der Waals surface area contributed by atoms with E-state index in [9.17, 15) is 0 Å². The van der Waals surface area contributed by atoms with E-state index in [1.807, 2.05) is 0 Å². The SMILES string of the molecule is N=C(O[C@@H]1CN2CCC1CC2)N1CCc2ccccc2[C@H]1c1ccccc1. The highest BCUT2D eigenvalue weighted by Crippen LogP contribution is 2.36. The van der Waals surface area contributed by atoms with Crippen molar-refractivity contribution in [1.29, 1.82) is 5.41 Å². The first-order valence-electron chi connectivity index (χ1n) is 10.2. The molecule has 4 heteroatoms. The molecular formula is C23H27N3O. The van der Waals surface area contributed by atoms with Gasteiger partial charge in [-0.05, 0) is 55.0 Å². The van der Waals surface area contributed by atoms with Crippen LogP contribution in [0.4, 0.5) is 0 Å². The summed E-state index contributed by atoms with van der Waals surface area (Å²) in [6, 6.07) is 19.6. The number of hydrogen-bond donors (Lipinski definition) is 1. The van der Waals surface area contributed by atoms with Crippen LogP contribution in [0.1, 0.15) is 35.6 Å². The predicted molar refractivity (Wildman–Crippen MR) is 107 cm³/mol. The Morgan fingerprint density at radius 1 is 0.926 bits per heavy atom. The summed E-state index contributed by atoms with van der Waals surface area (Å²) in [5.74, 6) is 0.614. The molecule has 2 aromatic rings. The predicted octanol–water partition coefficient (Wildman–Crippen LogP) is 3.68. The fraction of sp³-hybridized carbons (Fsp3) is 0.435. The standard InChI is InChI=1S/C23H27N3O/c24-23(27-21-16-25-13-10-18(21)11-14-25)26-15-12-17-6-4-5-9-20(17)22(26)19-7-2-1-3-8-19/h1-9,18,21-22,24H,10-16H2/t21-,22-/m1/s1. The second-order valence-electron chi connectivity index (χ2n) is 8.05. The molecule has 4 aliphatic rings. The van der Waals surface area contributed by atoms with Gasteiger partial charge < -0.3 is 9.64 Å². The van der Waals surface area contributed by atoms with Crippen LogP contribution in [-0.4, -0.2) is 48.1 Å². The zero-order valence-electron chi connectivity index (χ0n) is 15.7. The molecule has 0 unspecified atom stereocenters. The van der Waals surface area contributed by atoms with Gasteiger partial charge in [-0.25, -0.2) is 0 Å². The molecule has 4 heterocycles. The van der Waals surface area contributed by atoms with E-state index in [4.69, 9.17) is 10.1 Å². The summed E-state index contributed by atoms with van der Waals surface area (Å²) >= 11 is 0. The van der Waals surface area contributed by atoms with Crippen molar-refractivity contribution >= 4 is 6.02 Å². The molecule has 3 saturated heterocycles. The Morgan fingerprint density at radius 3 is 2.41 bits per heavy atom. The Hall–Kier alpha value is -2.33. The lowest BCUT2D eigenvalue weighted by molar-refractivity contribution is -0.0256. The van der Waals surface area contributed by atoms with E-state index >= 15 is 0 Å². The van der Waals surface area contributed by atoms with E-state index in [-0.39, 0.29) is 12.1 Å². The van der Waals surface area contributed by atoms with Crippen molar-refractivity contribution in [3.05, 3.63) is 71.3 Å². The van der Waals surface area contributed by atoms with E-state index < -0.39 is 0 Å². The van der Waals surface area contributed by atoms with Gasteiger partial charge in [0.2, 0.25) is 0 Å². The zero-order chi connectivity index (χ0) is 18.2. The van der Waals surface area contributed by atoms with E-state index in [0.29, 0.717) is 11.9 Å². The Bertz CT molecular complexity index is 813. The lowest BCUT2D eigenvalue weighted by atomic mass is 9.86. The number of piperidine rings is 3. The lowest BCUT2D eigenvalue weighted by Crippen LogP contribution is -2.53. The second kappa shape index (κ2) is 7.01. The molecule has 0 aliphatic carbocycles. The first kappa shape index (κ1) is 16.8. The van der Waals surface area contributed by atoms with Gasteiger partial charge in [0.25, 0.3) is 6.02 Å². The lowest BCUT2D eigenvalue weighted by Gasteiger charge is -2.46.